The maximum absolute atomic E-state index is 12.5. The number of nitrogens with zero attached hydrogens (tertiary/aromatic N) is 1. The van der Waals surface area contributed by atoms with Gasteiger partial charge in [0, 0.05) is 43.9 Å². The Kier molecular flexibility index (Phi) is 5.59. The number of nitrogens with one attached hydrogen (secondary N) is 2. The molecule has 1 fully saturated rings. The van der Waals surface area contributed by atoms with Crippen molar-refractivity contribution in [2.75, 3.05) is 26.2 Å². The lowest BCUT2D eigenvalue weighted by molar-refractivity contribution is -0.0680. The van der Waals surface area contributed by atoms with E-state index < -0.39 is 0 Å². The lowest BCUT2D eigenvalue weighted by atomic mass is 9.94. The third-order valence-corrected chi connectivity index (χ3v) is 5.10. The standard InChI is InChI=1S/C19H29N3O3/c1-12-10-22(11-13(2)25-12)9-5-8-20-19(24)18-14(3)17-15(21-18)6-4-7-16(17)23/h12-13,21H,4-11H2,1-3H3,(H,20,24)/t12-,13+. The highest BCUT2D eigenvalue weighted by Crippen LogP contribution is 2.26. The number of aromatic nitrogens is 1. The van der Waals surface area contributed by atoms with Crippen LogP contribution in [-0.2, 0) is 11.2 Å². The van der Waals surface area contributed by atoms with Gasteiger partial charge in [-0.15, -0.1) is 0 Å². The molecule has 1 aromatic heterocycles. The molecule has 0 unspecified atom stereocenters. The topological polar surface area (TPSA) is 74.4 Å². The van der Waals surface area contributed by atoms with Crippen LogP contribution in [0.3, 0.4) is 0 Å². The molecule has 1 aliphatic carbocycles. The average Bonchev–Trinajstić information content (AvgIpc) is 2.89. The van der Waals surface area contributed by atoms with Gasteiger partial charge < -0.3 is 15.0 Å². The molecule has 0 saturated carbocycles. The number of amides is 1. The molecular weight excluding hydrogens is 318 g/mol. The molecule has 2 heterocycles. The molecule has 1 aliphatic heterocycles. The molecule has 25 heavy (non-hydrogen) atoms. The van der Waals surface area contributed by atoms with E-state index in [9.17, 15) is 9.59 Å². The summed E-state index contributed by atoms with van der Waals surface area (Å²) in [5.41, 5.74) is 3.02. The normalized spacial score (nSPS) is 24.2. The number of rotatable bonds is 5. The van der Waals surface area contributed by atoms with Gasteiger partial charge in [-0.25, -0.2) is 0 Å². The molecule has 0 bridgehead atoms. The van der Waals surface area contributed by atoms with Crippen LogP contribution in [0.1, 0.15) is 65.2 Å². The predicted molar refractivity (Wildman–Crippen MR) is 96.2 cm³/mol. The van der Waals surface area contributed by atoms with E-state index >= 15 is 0 Å². The van der Waals surface area contributed by atoms with Crippen molar-refractivity contribution >= 4 is 11.7 Å². The van der Waals surface area contributed by atoms with Crippen molar-refractivity contribution in [1.29, 1.82) is 0 Å². The van der Waals surface area contributed by atoms with E-state index in [1.807, 2.05) is 6.92 Å². The number of carbonyl (C=O) groups excluding carboxylic acids is 2. The van der Waals surface area contributed by atoms with Crippen molar-refractivity contribution in [1.82, 2.24) is 15.2 Å². The highest BCUT2D eigenvalue weighted by Gasteiger charge is 2.26. The van der Waals surface area contributed by atoms with Crippen molar-refractivity contribution in [3.8, 4) is 0 Å². The summed E-state index contributed by atoms with van der Waals surface area (Å²) in [5, 5.41) is 2.99. The number of hydrogen-bond acceptors (Lipinski definition) is 4. The number of ketones is 1. The maximum atomic E-state index is 12.5. The number of carbonyl (C=O) groups is 2. The van der Waals surface area contributed by atoms with E-state index in [1.165, 1.54) is 0 Å². The van der Waals surface area contributed by atoms with Crippen molar-refractivity contribution in [2.24, 2.45) is 0 Å². The molecule has 6 nitrogen and oxygen atoms in total. The number of morpholine rings is 1. The van der Waals surface area contributed by atoms with Gasteiger partial charge in [-0.2, -0.15) is 0 Å². The van der Waals surface area contributed by atoms with Crippen LogP contribution in [0.4, 0.5) is 0 Å². The van der Waals surface area contributed by atoms with Gasteiger partial charge in [-0.1, -0.05) is 0 Å². The molecule has 6 heteroatoms. The minimum Gasteiger partial charge on any atom is -0.373 e. The van der Waals surface area contributed by atoms with Gasteiger partial charge in [0.05, 0.1) is 12.2 Å². The first kappa shape index (κ1) is 18.1. The van der Waals surface area contributed by atoms with Crippen LogP contribution in [0.5, 0.6) is 0 Å². The Balaban J connectivity index is 1.49. The van der Waals surface area contributed by atoms with Crippen molar-refractivity contribution in [3.63, 3.8) is 0 Å². The number of H-pyrrole nitrogens is 1. The Hall–Kier alpha value is -1.66. The van der Waals surface area contributed by atoms with Gasteiger partial charge in [0.15, 0.2) is 5.78 Å². The first-order chi connectivity index (χ1) is 12.0. The molecule has 138 valence electrons. The number of hydrogen-bond donors (Lipinski definition) is 2. The van der Waals surface area contributed by atoms with Crippen LogP contribution in [0.15, 0.2) is 0 Å². The molecule has 1 aromatic rings. The molecule has 0 radical (unpaired) electrons. The van der Waals surface area contributed by atoms with E-state index in [-0.39, 0.29) is 23.9 Å². The highest BCUT2D eigenvalue weighted by molar-refractivity contribution is 6.04. The molecule has 1 saturated heterocycles. The lowest BCUT2D eigenvalue weighted by Gasteiger charge is -2.35. The van der Waals surface area contributed by atoms with Crippen molar-refractivity contribution in [3.05, 3.63) is 22.5 Å². The molecule has 2 atom stereocenters. The van der Waals surface area contributed by atoms with Gasteiger partial charge in [0.25, 0.3) is 5.91 Å². The predicted octanol–water partition coefficient (Wildman–Crippen LogP) is 2.07. The number of fused-ring (bicyclic) bond motifs is 1. The van der Waals surface area contributed by atoms with Gasteiger partial charge in [0.2, 0.25) is 0 Å². The van der Waals surface area contributed by atoms with Crippen LogP contribution < -0.4 is 5.32 Å². The first-order valence-electron chi connectivity index (χ1n) is 9.36. The van der Waals surface area contributed by atoms with E-state index in [0.29, 0.717) is 18.7 Å². The molecule has 3 rings (SSSR count). The largest absolute Gasteiger partial charge is 0.373 e. The molecule has 0 aromatic carbocycles. The van der Waals surface area contributed by atoms with Crippen LogP contribution in [0.2, 0.25) is 0 Å². The Morgan fingerprint density at radius 3 is 2.68 bits per heavy atom. The lowest BCUT2D eigenvalue weighted by Crippen LogP contribution is -2.46. The number of aryl methyl sites for hydroxylation is 1. The van der Waals surface area contributed by atoms with Gasteiger partial charge in [-0.3, -0.25) is 14.5 Å². The smallest absolute Gasteiger partial charge is 0.268 e. The summed E-state index contributed by atoms with van der Waals surface area (Å²) in [6, 6.07) is 0. The Bertz CT molecular complexity index is 643. The summed E-state index contributed by atoms with van der Waals surface area (Å²) in [5.74, 6) is 0.0491. The minimum atomic E-state index is -0.108. The number of ether oxygens (including phenoxy) is 1. The maximum Gasteiger partial charge on any atom is 0.268 e. The van der Waals surface area contributed by atoms with Crippen molar-refractivity contribution < 1.29 is 14.3 Å². The van der Waals surface area contributed by atoms with Gasteiger partial charge in [-0.05, 0) is 45.6 Å². The van der Waals surface area contributed by atoms with Crippen molar-refractivity contribution in [2.45, 2.75) is 58.7 Å². The third-order valence-electron chi connectivity index (χ3n) is 5.10. The highest BCUT2D eigenvalue weighted by atomic mass is 16.5. The number of aromatic amines is 1. The van der Waals surface area contributed by atoms with E-state index in [2.05, 4.69) is 29.0 Å². The SMILES string of the molecule is Cc1c(C(=O)NCCCN2C[C@@H](C)O[C@@H](C)C2)[nH]c2c1C(=O)CCC2. The summed E-state index contributed by atoms with van der Waals surface area (Å²) >= 11 is 0. The Morgan fingerprint density at radius 2 is 2.00 bits per heavy atom. The molecule has 2 N–H and O–H groups in total. The van der Waals surface area contributed by atoms with E-state index in [4.69, 9.17) is 4.74 Å². The first-order valence-corrected chi connectivity index (χ1v) is 9.36. The van der Waals surface area contributed by atoms with Crippen LogP contribution in [0.25, 0.3) is 0 Å². The second-order valence-corrected chi connectivity index (χ2v) is 7.38. The summed E-state index contributed by atoms with van der Waals surface area (Å²) < 4.78 is 5.74. The van der Waals surface area contributed by atoms with E-state index in [0.717, 1.165) is 55.7 Å². The Morgan fingerprint density at radius 1 is 1.28 bits per heavy atom. The molecular formula is C19H29N3O3. The Labute approximate surface area is 149 Å². The fraction of sp³-hybridized carbons (Fsp3) is 0.684. The van der Waals surface area contributed by atoms with E-state index in [1.54, 1.807) is 0 Å². The van der Waals surface area contributed by atoms with Crippen LogP contribution >= 0.6 is 0 Å². The van der Waals surface area contributed by atoms with Gasteiger partial charge >= 0.3 is 0 Å². The quantitative estimate of drug-likeness (QED) is 0.800. The summed E-state index contributed by atoms with van der Waals surface area (Å²) in [4.78, 5) is 30.1. The molecule has 2 aliphatic rings. The number of Topliss-reactive ketones (excluding diaryl/α,β-unsaturated/α-hetero) is 1. The second-order valence-electron chi connectivity index (χ2n) is 7.38. The summed E-state index contributed by atoms with van der Waals surface area (Å²) in [6.07, 6.45) is 3.74. The second kappa shape index (κ2) is 7.70. The van der Waals surface area contributed by atoms with Crippen LogP contribution in [-0.4, -0.2) is 60.0 Å². The monoisotopic (exact) mass is 347 g/mol. The summed E-state index contributed by atoms with van der Waals surface area (Å²) in [7, 11) is 0. The zero-order chi connectivity index (χ0) is 18.0. The minimum absolute atomic E-state index is 0.108. The summed E-state index contributed by atoms with van der Waals surface area (Å²) in [6.45, 7) is 9.55. The fourth-order valence-corrected chi connectivity index (χ4v) is 4.06. The zero-order valence-electron chi connectivity index (χ0n) is 15.5. The van der Waals surface area contributed by atoms with Crippen LogP contribution in [0, 0.1) is 6.92 Å². The third kappa shape index (κ3) is 4.12. The fourth-order valence-electron chi connectivity index (χ4n) is 4.06. The molecule has 1 amide bonds. The zero-order valence-corrected chi connectivity index (χ0v) is 15.5. The average molecular weight is 347 g/mol. The van der Waals surface area contributed by atoms with Gasteiger partial charge in [0.1, 0.15) is 5.69 Å². The molecule has 0 spiro atoms.